The zero-order valence-corrected chi connectivity index (χ0v) is 20.1. The first kappa shape index (κ1) is 23.1. The summed E-state index contributed by atoms with van der Waals surface area (Å²) in [7, 11) is 0. The van der Waals surface area contributed by atoms with E-state index >= 15 is 0 Å². The van der Waals surface area contributed by atoms with E-state index in [0.717, 1.165) is 50.4 Å². The van der Waals surface area contributed by atoms with Gasteiger partial charge in [0.05, 0.1) is 17.9 Å². The van der Waals surface area contributed by atoms with Gasteiger partial charge in [0.15, 0.2) is 0 Å². The lowest BCUT2D eigenvalue weighted by molar-refractivity contribution is -0.130. The molecule has 2 aromatic carbocycles. The Bertz CT molecular complexity index is 1070. The van der Waals surface area contributed by atoms with Gasteiger partial charge in [-0.3, -0.25) is 4.79 Å². The molecule has 0 atom stereocenters. The van der Waals surface area contributed by atoms with E-state index in [9.17, 15) is 4.79 Å². The quantitative estimate of drug-likeness (QED) is 0.572. The average Bonchev–Trinajstić information content (AvgIpc) is 3.22. The standard InChI is InChI=1S/C27H35N5O/c1-4-8-25-18-23(29-32(25)24-9-6-5-7-10-24)19-28-20-27(33)31-15-13-30(14-16-31)26-12-11-21(2)17-22(26)3/h5-7,9-12,17-18,28H,4,8,13-16,19-20H2,1-3H3. The Morgan fingerprint density at radius 3 is 2.45 bits per heavy atom. The van der Waals surface area contributed by atoms with E-state index in [1.165, 1.54) is 22.5 Å². The number of rotatable bonds is 8. The van der Waals surface area contributed by atoms with Crippen molar-refractivity contribution in [2.45, 2.75) is 40.2 Å². The number of nitrogens with zero attached hydrogens (tertiary/aromatic N) is 4. The molecule has 0 saturated carbocycles. The van der Waals surface area contributed by atoms with Crippen LogP contribution in [0.25, 0.3) is 5.69 Å². The van der Waals surface area contributed by atoms with E-state index in [-0.39, 0.29) is 5.91 Å². The fourth-order valence-corrected chi connectivity index (χ4v) is 4.55. The summed E-state index contributed by atoms with van der Waals surface area (Å²) in [5.41, 5.74) is 7.11. The zero-order valence-electron chi connectivity index (χ0n) is 20.1. The van der Waals surface area contributed by atoms with Crippen LogP contribution in [0, 0.1) is 13.8 Å². The predicted octanol–water partition coefficient (Wildman–Crippen LogP) is 3.88. The van der Waals surface area contributed by atoms with Gasteiger partial charge in [-0.15, -0.1) is 0 Å². The van der Waals surface area contributed by atoms with Crippen molar-refractivity contribution in [1.29, 1.82) is 0 Å². The first-order valence-corrected chi connectivity index (χ1v) is 12.0. The highest BCUT2D eigenvalue weighted by Gasteiger charge is 2.22. The number of anilines is 1. The third-order valence-corrected chi connectivity index (χ3v) is 6.25. The maximum atomic E-state index is 12.8. The number of benzene rings is 2. The molecule has 1 amide bonds. The number of carbonyl (C=O) groups excluding carboxylic acids is 1. The van der Waals surface area contributed by atoms with Crippen molar-refractivity contribution in [1.82, 2.24) is 20.0 Å². The van der Waals surface area contributed by atoms with Crippen LogP contribution in [0.4, 0.5) is 5.69 Å². The molecule has 0 spiro atoms. The molecule has 2 heterocycles. The summed E-state index contributed by atoms with van der Waals surface area (Å²) < 4.78 is 2.02. The second kappa shape index (κ2) is 10.7. The summed E-state index contributed by atoms with van der Waals surface area (Å²) >= 11 is 0. The van der Waals surface area contributed by atoms with Crippen LogP contribution < -0.4 is 10.2 Å². The van der Waals surface area contributed by atoms with Crippen LogP contribution in [0.15, 0.2) is 54.6 Å². The molecule has 1 saturated heterocycles. The Labute approximate surface area is 197 Å². The maximum Gasteiger partial charge on any atom is 0.236 e. The number of amides is 1. The number of piperazine rings is 1. The van der Waals surface area contributed by atoms with E-state index < -0.39 is 0 Å². The lowest BCUT2D eigenvalue weighted by Crippen LogP contribution is -2.51. The summed E-state index contributed by atoms with van der Waals surface area (Å²) in [5.74, 6) is 0.159. The molecule has 0 aliphatic carbocycles. The summed E-state index contributed by atoms with van der Waals surface area (Å²) in [6, 6.07) is 19.0. The molecule has 1 aromatic heterocycles. The fraction of sp³-hybridized carbons (Fsp3) is 0.407. The van der Waals surface area contributed by atoms with Crippen LogP contribution in [0.3, 0.4) is 0 Å². The van der Waals surface area contributed by atoms with Crippen LogP contribution >= 0.6 is 0 Å². The Morgan fingerprint density at radius 2 is 1.76 bits per heavy atom. The third kappa shape index (κ3) is 5.63. The summed E-state index contributed by atoms with van der Waals surface area (Å²) in [6.07, 6.45) is 2.05. The van der Waals surface area contributed by atoms with Gasteiger partial charge in [0.2, 0.25) is 5.91 Å². The van der Waals surface area contributed by atoms with Crippen molar-refractivity contribution in [3.63, 3.8) is 0 Å². The minimum absolute atomic E-state index is 0.159. The van der Waals surface area contributed by atoms with Crippen molar-refractivity contribution >= 4 is 11.6 Å². The van der Waals surface area contributed by atoms with E-state index in [1.54, 1.807) is 0 Å². The average molecular weight is 446 g/mol. The van der Waals surface area contributed by atoms with Gasteiger partial charge < -0.3 is 15.1 Å². The molecule has 6 heteroatoms. The number of nitrogens with one attached hydrogen (secondary N) is 1. The fourth-order valence-electron chi connectivity index (χ4n) is 4.55. The molecule has 1 N–H and O–H groups in total. The molecule has 0 radical (unpaired) electrons. The van der Waals surface area contributed by atoms with Gasteiger partial charge in [0, 0.05) is 44.1 Å². The van der Waals surface area contributed by atoms with Gasteiger partial charge in [-0.25, -0.2) is 4.68 Å². The normalized spacial score (nSPS) is 14.0. The summed E-state index contributed by atoms with van der Waals surface area (Å²) in [6.45, 7) is 10.7. The molecular formula is C27H35N5O. The Hall–Kier alpha value is -3.12. The summed E-state index contributed by atoms with van der Waals surface area (Å²) in [4.78, 5) is 17.1. The molecule has 0 bridgehead atoms. The molecule has 174 valence electrons. The molecule has 0 unspecified atom stereocenters. The molecule has 1 aliphatic heterocycles. The third-order valence-electron chi connectivity index (χ3n) is 6.25. The van der Waals surface area contributed by atoms with Crippen LogP contribution in [0.5, 0.6) is 0 Å². The van der Waals surface area contributed by atoms with Crippen LogP contribution in [-0.2, 0) is 17.8 Å². The Balaban J connectivity index is 1.28. The van der Waals surface area contributed by atoms with E-state index in [4.69, 9.17) is 5.10 Å². The topological polar surface area (TPSA) is 53.4 Å². The lowest BCUT2D eigenvalue weighted by Gasteiger charge is -2.37. The van der Waals surface area contributed by atoms with Crippen LogP contribution in [0.1, 0.15) is 35.9 Å². The molecular weight excluding hydrogens is 410 g/mol. The van der Waals surface area contributed by atoms with Gasteiger partial charge in [-0.2, -0.15) is 5.10 Å². The smallest absolute Gasteiger partial charge is 0.236 e. The number of hydrogen-bond donors (Lipinski definition) is 1. The van der Waals surface area contributed by atoms with Crippen molar-refractivity contribution in [3.05, 3.63) is 77.1 Å². The van der Waals surface area contributed by atoms with Crippen LogP contribution in [-0.4, -0.2) is 53.3 Å². The molecule has 6 nitrogen and oxygen atoms in total. The van der Waals surface area contributed by atoms with E-state index in [0.29, 0.717) is 13.1 Å². The maximum absolute atomic E-state index is 12.8. The van der Waals surface area contributed by atoms with E-state index in [1.807, 2.05) is 27.8 Å². The second-order valence-corrected chi connectivity index (χ2v) is 8.89. The van der Waals surface area contributed by atoms with Gasteiger partial charge in [-0.1, -0.05) is 49.2 Å². The van der Waals surface area contributed by atoms with Gasteiger partial charge >= 0.3 is 0 Å². The van der Waals surface area contributed by atoms with E-state index in [2.05, 4.69) is 67.4 Å². The van der Waals surface area contributed by atoms with Gasteiger partial charge in [-0.05, 0) is 50.1 Å². The van der Waals surface area contributed by atoms with Crippen molar-refractivity contribution in [2.24, 2.45) is 0 Å². The number of hydrogen-bond acceptors (Lipinski definition) is 4. The zero-order chi connectivity index (χ0) is 23.2. The number of carbonyl (C=O) groups is 1. The SMILES string of the molecule is CCCc1cc(CNCC(=O)N2CCN(c3ccc(C)cc3C)CC2)nn1-c1ccccc1. The van der Waals surface area contributed by atoms with Gasteiger partial charge in [0.1, 0.15) is 0 Å². The molecule has 4 rings (SSSR count). The predicted molar refractivity (Wildman–Crippen MR) is 134 cm³/mol. The monoisotopic (exact) mass is 445 g/mol. The van der Waals surface area contributed by atoms with Crippen LogP contribution in [0.2, 0.25) is 0 Å². The minimum Gasteiger partial charge on any atom is -0.368 e. The number of para-hydroxylation sites is 1. The lowest BCUT2D eigenvalue weighted by atomic mass is 10.1. The highest BCUT2D eigenvalue weighted by Crippen LogP contribution is 2.22. The van der Waals surface area contributed by atoms with Crippen molar-refractivity contribution in [3.8, 4) is 5.69 Å². The Morgan fingerprint density at radius 1 is 1.00 bits per heavy atom. The highest BCUT2D eigenvalue weighted by atomic mass is 16.2. The summed E-state index contributed by atoms with van der Waals surface area (Å²) in [5, 5.41) is 8.10. The molecule has 3 aromatic rings. The minimum atomic E-state index is 0.159. The molecule has 1 fully saturated rings. The first-order valence-electron chi connectivity index (χ1n) is 12.0. The molecule has 33 heavy (non-hydrogen) atoms. The Kier molecular flexibility index (Phi) is 7.45. The first-order chi connectivity index (χ1) is 16.0. The van der Waals surface area contributed by atoms with Crippen molar-refractivity contribution < 1.29 is 4.79 Å². The number of aryl methyl sites for hydroxylation is 3. The number of aromatic nitrogens is 2. The second-order valence-electron chi connectivity index (χ2n) is 8.89. The highest BCUT2D eigenvalue weighted by molar-refractivity contribution is 5.78. The largest absolute Gasteiger partial charge is 0.368 e. The van der Waals surface area contributed by atoms with Gasteiger partial charge in [0.25, 0.3) is 0 Å². The molecule has 1 aliphatic rings. The van der Waals surface area contributed by atoms with Crippen molar-refractivity contribution in [2.75, 3.05) is 37.6 Å².